The molecule has 3 rings (SSSR count). The Labute approximate surface area is 128 Å². The van der Waals surface area contributed by atoms with Gasteiger partial charge in [0.1, 0.15) is 0 Å². The average Bonchev–Trinajstić information content (AvgIpc) is 3.33. The first-order chi connectivity index (χ1) is 10.6. The molecule has 1 aliphatic heterocycles. The number of hydrogen-bond acceptors (Lipinski definition) is 4. The summed E-state index contributed by atoms with van der Waals surface area (Å²) in [6, 6.07) is 6.89. The van der Waals surface area contributed by atoms with E-state index in [1.54, 1.807) is 29.2 Å². The van der Waals surface area contributed by atoms with Crippen molar-refractivity contribution in [3.63, 3.8) is 0 Å². The van der Waals surface area contributed by atoms with Crippen LogP contribution in [0.25, 0.3) is 0 Å². The van der Waals surface area contributed by atoms with Crippen molar-refractivity contribution in [1.29, 1.82) is 0 Å². The molecule has 1 heterocycles. The summed E-state index contributed by atoms with van der Waals surface area (Å²) < 4.78 is 0. The number of carbonyl (C=O) groups is 3. The summed E-state index contributed by atoms with van der Waals surface area (Å²) in [6.07, 6.45) is 2.01. The lowest BCUT2D eigenvalue weighted by Gasteiger charge is -2.22. The molecule has 0 spiro atoms. The molecule has 0 unspecified atom stereocenters. The van der Waals surface area contributed by atoms with Gasteiger partial charge in [0.05, 0.1) is 17.7 Å². The van der Waals surface area contributed by atoms with Crippen molar-refractivity contribution in [3.05, 3.63) is 35.4 Å². The van der Waals surface area contributed by atoms with Crippen molar-refractivity contribution in [2.24, 2.45) is 0 Å². The molecular formula is C16H18N2O4. The molecule has 6 nitrogen and oxygen atoms in total. The van der Waals surface area contributed by atoms with Crippen LogP contribution in [0.3, 0.4) is 0 Å². The Hall–Kier alpha value is -2.21. The minimum absolute atomic E-state index is 0.0742. The number of carbonyl (C=O) groups excluding carboxylic acids is 3. The highest BCUT2D eigenvalue weighted by molar-refractivity contribution is 6.21. The number of nitrogens with zero attached hydrogens (tertiary/aromatic N) is 2. The van der Waals surface area contributed by atoms with Gasteiger partial charge in [-0.15, -0.1) is 0 Å². The summed E-state index contributed by atoms with van der Waals surface area (Å²) in [5.74, 6) is -0.796. The predicted octanol–water partition coefficient (Wildman–Crippen LogP) is 0.656. The molecule has 0 radical (unpaired) electrons. The maximum atomic E-state index is 12.2. The van der Waals surface area contributed by atoms with E-state index >= 15 is 0 Å². The fourth-order valence-electron chi connectivity index (χ4n) is 2.80. The second-order valence-corrected chi connectivity index (χ2v) is 5.60. The Morgan fingerprint density at radius 2 is 1.77 bits per heavy atom. The van der Waals surface area contributed by atoms with Gasteiger partial charge in [0.15, 0.2) is 0 Å². The van der Waals surface area contributed by atoms with Crippen LogP contribution in [-0.4, -0.2) is 58.4 Å². The summed E-state index contributed by atoms with van der Waals surface area (Å²) in [4.78, 5) is 39.4. The zero-order chi connectivity index (χ0) is 15.7. The SMILES string of the molecule is O=C1c2ccccc2C(=O)N1CCC(=O)N(CCO)C1CC1. The number of aliphatic hydroxyl groups is 1. The van der Waals surface area contributed by atoms with Gasteiger partial charge in [-0.3, -0.25) is 19.3 Å². The van der Waals surface area contributed by atoms with E-state index < -0.39 is 0 Å². The van der Waals surface area contributed by atoms with E-state index in [-0.39, 0.29) is 43.3 Å². The van der Waals surface area contributed by atoms with Crippen molar-refractivity contribution in [2.75, 3.05) is 19.7 Å². The molecule has 1 fully saturated rings. The normalized spacial score (nSPS) is 16.9. The first-order valence-electron chi connectivity index (χ1n) is 7.49. The molecule has 116 valence electrons. The van der Waals surface area contributed by atoms with Crippen LogP contribution in [-0.2, 0) is 4.79 Å². The van der Waals surface area contributed by atoms with Gasteiger partial charge < -0.3 is 10.0 Å². The monoisotopic (exact) mass is 302 g/mol. The molecule has 1 aliphatic carbocycles. The standard InChI is InChI=1S/C16H18N2O4/c19-10-9-17(11-5-6-11)14(20)7-8-18-15(21)12-3-1-2-4-13(12)16(18)22/h1-4,11,19H,5-10H2. The number of hydrogen-bond donors (Lipinski definition) is 1. The highest BCUT2D eigenvalue weighted by Crippen LogP contribution is 2.27. The van der Waals surface area contributed by atoms with Gasteiger partial charge >= 0.3 is 0 Å². The Morgan fingerprint density at radius 1 is 1.18 bits per heavy atom. The predicted molar refractivity (Wildman–Crippen MR) is 78.2 cm³/mol. The average molecular weight is 302 g/mol. The molecule has 0 saturated heterocycles. The Kier molecular flexibility index (Phi) is 3.94. The Morgan fingerprint density at radius 3 is 2.27 bits per heavy atom. The van der Waals surface area contributed by atoms with E-state index in [2.05, 4.69) is 0 Å². The molecule has 1 aromatic carbocycles. The van der Waals surface area contributed by atoms with Gasteiger partial charge in [0.2, 0.25) is 5.91 Å². The van der Waals surface area contributed by atoms with E-state index in [1.165, 1.54) is 0 Å². The number of benzene rings is 1. The second-order valence-electron chi connectivity index (χ2n) is 5.60. The molecular weight excluding hydrogens is 284 g/mol. The van der Waals surface area contributed by atoms with Gasteiger partial charge in [-0.1, -0.05) is 12.1 Å². The Balaban J connectivity index is 1.64. The van der Waals surface area contributed by atoms with Crippen LogP contribution in [0.4, 0.5) is 0 Å². The maximum Gasteiger partial charge on any atom is 0.261 e. The minimum Gasteiger partial charge on any atom is -0.395 e. The van der Waals surface area contributed by atoms with Crippen molar-refractivity contribution < 1.29 is 19.5 Å². The van der Waals surface area contributed by atoms with E-state index in [0.29, 0.717) is 17.7 Å². The van der Waals surface area contributed by atoms with Crippen molar-refractivity contribution in [1.82, 2.24) is 9.80 Å². The minimum atomic E-state index is -0.339. The topological polar surface area (TPSA) is 77.9 Å². The van der Waals surface area contributed by atoms with Crippen LogP contribution in [0, 0.1) is 0 Å². The fraction of sp³-hybridized carbons (Fsp3) is 0.438. The van der Waals surface area contributed by atoms with E-state index in [1.807, 2.05) is 0 Å². The molecule has 1 aromatic rings. The fourth-order valence-corrected chi connectivity index (χ4v) is 2.80. The molecule has 1 N–H and O–H groups in total. The van der Waals surface area contributed by atoms with Gasteiger partial charge in [-0.2, -0.15) is 0 Å². The van der Waals surface area contributed by atoms with Gasteiger partial charge in [-0.05, 0) is 25.0 Å². The summed E-state index contributed by atoms with van der Waals surface area (Å²) in [6.45, 7) is 0.320. The summed E-state index contributed by atoms with van der Waals surface area (Å²) in [7, 11) is 0. The quantitative estimate of drug-likeness (QED) is 0.783. The van der Waals surface area contributed by atoms with E-state index in [0.717, 1.165) is 17.7 Å². The summed E-state index contributed by atoms with van der Waals surface area (Å²) >= 11 is 0. The van der Waals surface area contributed by atoms with Crippen LogP contribution in [0.1, 0.15) is 40.0 Å². The van der Waals surface area contributed by atoms with Gasteiger partial charge in [0, 0.05) is 25.6 Å². The van der Waals surface area contributed by atoms with Crippen molar-refractivity contribution in [2.45, 2.75) is 25.3 Å². The number of rotatable bonds is 6. The molecule has 0 aromatic heterocycles. The highest BCUT2D eigenvalue weighted by Gasteiger charge is 2.36. The number of imide groups is 1. The highest BCUT2D eigenvalue weighted by atomic mass is 16.3. The smallest absolute Gasteiger partial charge is 0.261 e. The lowest BCUT2D eigenvalue weighted by atomic mass is 10.1. The zero-order valence-corrected chi connectivity index (χ0v) is 12.2. The third-order valence-electron chi connectivity index (χ3n) is 4.08. The molecule has 22 heavy (non-hydrogen) atoms. The summed E-state index contributed by atoms with van der Waals surface area (Å²) in [5, 5.41) is 9.03. The van der Waals surface area contributed by atoms with Gasteiger partial charge in [-0.25, -0.2) is 0 Å². The van der Waals surface area contributed by atoms with Crippen LogP contribution in [0.15, 0.2) is 24.3 Å². The first kappa shape index (κ1) is 14.7. The second kappa shape index (κ2) is 5.88. The molecule has 0 bridgehead atoms. The molecule has 0 atom stereocenters. The number of aliphatic hydroxyl groups excluding tert-OH is 1. The first-order valence-corrected chi connectivity index (χ1v) is 7.49. The van der Waals surface area contributed by atoms with Crippen LogP contribution in [0.2, 0.25) is 0 Å². The third kappa shape index (κ3) is 2.62. The number of fused-ring (bicyclic) bond motifs is 1. The Bertz CT molecular complexity index is 589. The molecule has 1 saturated carbocycles. The maximum absolute atomic E-state index is 12.2. The summed E-state index contributed by atoms with van der Waals surface area (Å²) in [5.41, 5.74) is 0.795. The molecule has 6 heteroatoms. The van der Waals surface area contributed by atoms with E-state index in [9.17, 15) is 14.4 Å². The van der Waals surface area contributed by atoms with E-state index in [4.69, 9.17) is 5.11 Å². The largest absolute Gasteiger partial charge is 0.395 e. The van der Waals surface area contributed by atoms with Crippen LogP contribution in [0.5, 0.6) is 0 Å². The lowest BCUT2D eigenvalue weighted by Crippen LogP contribution is -2.39. The molecule has 2 aliphatic rings. The van der Waals surface area contributed by atoms with Crippen LogP contribution < -0.4 is 0 Å². The third-order valence-corrected chi connectivity index (χ3v) is 4.08. The zero-order valence-electron chi connectivity index (χ0n) is 12.2. The van der Waals surface area contributed by atoms with Crippen molar-refractivity contribution >= 4 is 17.7 Å². The number of amides is 3. The molecule has 3 amide bonds. The van der Waals surface area contributed by atoms with Crippen LogP contribution >= 0.6 is 0 Å². The van der Waals surface area contributed by atoms with Gasteiger partial charge in [0.25, 0.3) is 11.8 Å². The van der Waals surface area contributed by atoms with Crippen molar-refractivity contribution in [3.8, 4) is 0 Å². The lowest BCUT2D eigenvalue weighted by molar-refractivity contribution is -0.132.